The zero-order valence-corrected chi connectivity index (χ0v) is 17.2. The second-order valence-electron chi connectivity index (χ2n) is 8.72. The van der Waals surface area contributed by atoms with Gasteiger partial charge in [0.05, 0.1) is 17.6 Å². The molecule has 2 fully saturated rings. The number of pyridine rings is 1. The van der Waals surface area contributed by atoms with Gasteiger partial charge >= 0.3 is 0 Å². The van der Waals surface area contributed by atoms with Crippen LogP contribution in [0.15, 0.2) is 48.3 Å². The van der Waals surface area contributed by atoms with Gasteiger partial charge in [0.2, 0.25) is 0 Å². The molecule has 3 aromatic rings. The number of rotatable bonds is 4. The fraction of sp³-hybridized carbons (Fsp3) is 0.478. The minimum Gasteiger partial charge on any atom is -0.372 e. The number of piperazine rings is 1. The Morgan fingerprint density at radius 3 is 2.90 bits per heavy atom. The van der Waals surface area contributed by atoms with Crippen LogP contribution in [-0.2, 0) is 0 Å². The number of hydrogen-bond acceptors (Lipinski definition) is 6. The van der Waals surface area contributed by atoms with Crippen LogP contribution in [0.4, 0.5) is 0 Å². The van der Waals surface area contributed by atoms with Crippen LogP contribution in [0, 0.1) is 0 Å². The van der Waals surface area contributed by atoms with E-state index in [0.29, 0.717) is 6.04 Å². The van der Waals surface area contributed by atoms with Crippen LogP contribution in [-0.4, -0.2) is 61.2 Å². The molecule has 0 radical (unpaired) electrons. The van der Waals surface area contributed by atoms with Gasteiger partial charge in [-0.1, -0.05) is 31.1 Å². The molecule has 0 N–H and O–H groups in total. The minimum atomic E-state index is 0.0499. The van der Waals surface area contributed by atoms with E-state index in [1.165, 1.54) is 42.3 Å². The maximum atomic E-state index is 4.59. The first-order valence-corrected chi connectivity index (χ1v) is 11.2. The molecule has 1 aliphatic carbocycles. The Balaban J connectivity index is 1.44. The molecule has 0 amide bonds. The van der Waals surface area contributed by atoms with E-state index in [1.807, 2.05) is 12.3 Å². The Hall–Kier alpha value is -2.80. The molecular weight excluding hydrogens is 374 g/mol. The van der Waals surface area contributed by atoms with Crippen molar-refractivity contribution in [3.63, 3.8) is 0 Å². The summed E-state index contributed by atoms with van der Waals surface area (Å²) in [5, 5.41) is 14.4. The fourth-order valence-electron chi connectivity index (χ4n) is 5.41. The molecule has 7 heteroatoms. The molecule has 4 heterocycles. The first kappa shape index (κ1) is 18.0. The molecule has 1 aromatic carbocycles. The van der Waals surface area contributed by atoms with Crippen molar-refractivity contribution in [2.45, 2.75) is 44.2 Å². The number of tetrazole rings is 1. The van der Waals surface area contributed by atoms with Crippen molar-refractivity contribution < 1.29 is 0 Å². The Kier molecular flexibility index (Phi) is 4.48. The van der Waals surface area contributed by atoms with Crippen molar-refractivity contribution >= 4 is 10.9 Å². The summed E-state index contributed by atoms with van der Waals surface area (Å²) in [4.78, 5) is 9.59. The van der Waals surface area contributed by atoms with Crippen LogP contribution in [0.25, 0.3) is 10.9 Å². The van der Waals surface area contributed by atoms with Gasteiger partial charge in [0.15, 0.2) is 5.82 Å². The van der Waals surface area contributed by atoms with E-state index in [1.54, 1.807) is 0 Å². The highest BCUT2D eigenvalue weighted by Crippen LogP contribution is 2.36. The lowest BCUT2D eigenvalue weighted by molar-refractivity contribution is 0.150. The first-order chi connectivity index (χ1) is 14.9. The number of nitrogens with zero attached hydrogens (tertiary/aromatic N) is 7. The Morgan fingerprint density at radius 2 is 1.97 bits per heavy atom. The molecule has 6 rings (SSSR count). The molecule has 7 nitrogen and oxygen atoms in total. The molecule has 1 saturated carbocycles. The SMILES string of the molecule is C1=C2CN(C(c3ccc4ncccc4c3)c3nnnn3C3CCCC3)CCN2CC1. The third-order valence-electron chi connectivity index (χ3n) is 6.95. The number of aromatic nitrogens is 5. The monoisotopic (exact) mass is 401 g/mol. The van der Waals surface area contributed by atoms with Crippen molar-refractivity contribution in [3.05, 3.63) is 59.7 Å². The third-order valence-corrected chi connectivity index (χ3v) is 6.95. The molecule has 3 aliphatic rings. The molecule has 1 atom stereocenters. The van der Waals surface area contributed by atoms with Crippen LogP contribution in [0.1, 0.15) is 55.6 Å². The molecule has 2 aliphatic heterocycles. The average molecular weight is 402 g/mol. The maximum Gasteiger partial charge on any atom is 0.173 e. The number of benzene rings is 1. The van der Waals surface area contributed by atoms with E-state index in [0.717, 1.165) is 43.9 Å². The topological polar surface area (TPSA) is 63.0 Å². The fourth-order valence-corrected chi connectivity index (χ4v) is 5.41. The predicted molar refractivity (Wildman–Crippen MR) is 115 cm³/mol. The van der Waals surface area contributed by atoms with Crippen LogP contribution in [0.3, 0.4) is 0 Å². The van der Waals surface area contributed by atoms with Crippen molar-refractivity contribution in [1.82, 2.24) is 35.0 Å². The standard InChI is InChI=1S/C23H27N7/c1-2-7-19(6-1)30-23(25-26-27-30)22(29-14-13-28-12-4-8-20(28)16-29)18-9-10-21-17(15-18)5-3-11-24-21/h3,5,8-11,15,19,22H,1-2,4,6-7,12-14,16H2. The molecule has 0 bridgehead atoms. The molecule has 1 saturated heterocycles. The Bertz CT molecular complexity index is 1080. The quantitative estimate of drug-likeness (QED) is 0.668. The van der Waals surface area contributed by atoms with Crippen molar-refractivity contribution in [2.75, 3.05) is 26.2 Å². The molecule has 30 heavy (non-hydrogen) atoms. The second-order valence-corrected chi connectivity index (χ2v) is 8.72. The van der Waals surface area contributed by atoms with Gasteiger partial charge in [-0.3, -0.25) is 9.88 Å². The Morgan fingerprint density at radius 1 is 1.03 bits per heavy atom. The Labute approximate surface area is 176 Å². The van der Waals surface area contributed by atoms with E-state index >= 15 is 0 Å². The number of fused-ring (bicyclic) bond motifs is 2. The molecule has 0 spiro atoms. The largest absolute Gasteiger partial charge is 0.372 e. The summed E-state index contributed by atoms with van der Waals surface area (Å²) in [7, 11) is 0. The van der Waals surface area contributed by atoms with Crippen LogP contribution < -0.4 is 0 Å². The highest BCUT2D eigenvalue weighted by atomic mass is 15.6. The zero-order valence-electron chi connectivity index (χ0n) is 17.2. The van der Waals surface area contributed by atoms with E-state index in [4.69, 9.17) is 0 Å². The van der Waals surface area contributed by atoms with E-state index in [9.17, 15) is 0 Å². The third kappa shape index (κ3) is 3.08. The smallest absolute Gasteiger partial charge is 0.173 e. The lowest BCUT2D eigenvalue weighted by atomic mass is 10.00. The van der Waals surface area contributed by atoms with Crippen molar-refractivity contribution in [3.8, 4) is 0 Å². The lowest BCUT2D eigenvalue weighted by Gasteiger charge is -2.39. The molecule has 1 unspecified atom stereocenters. The van der Waals surface area contributed by atoms with Gasteiger partial charge in [0, 0.05) is 43.5 Å². The van der Waals surface area contributed by atoms with Gasteiger partial charge in [0.1, 0.15) is 0 Å². The minimum absolute atomic E-state index is 0.0499. The van der Waals surface area contributed by atoms with Gasteiger partial charge in [-0.2, -0.15) is 0 Å². The summed E-state index contributed by atoms with van der Waals surface area (Å²) in [6.07, 6.45) is 10.3. The highest BCUT2D eigenvalue weighted by molar-refractivity contribution is 5.79. The summed E-state index contributed by atoms with van der Waals surface area (Å²) in [6.45, 7) is 4.20. The summed E-state index contributed by atoms with van der Waals surface area (Å²) >= 11 is 0. The van der Waals surface area contributed by atoms with E-state index < -0.39 is 0 Å². The summed E-state index contributed by atoms with van der Waals surface area (Å²) in [6, 6.07) is 11.2. The first-order valence-electron chi connectivity index (χ1n) is 11.2. The van der Waals surface area contributed by atoms with Gasteiger partial charge in [0.25, 0.3) is 0 Å². The van der Waals surface area contributed by atoms with Gasteiger partial charge in [-0.15, -0.1) is 5.10 Å². The second kappa shape index (κ2) is 7.47. The molecular formula is C23H27N7. The van der Waals surface area contributed by atoms with Crippen LogP contribution in [0.2, 0.25) is 0 Å². The van der Waals surface area contributed by atoms with Crippen molar-refractivity contribution in [2.24, 2.45) is 0 Å². The van der Waals surface area contributed by atoms with Crippen LogP contribution >= 0.6 is 0 Å². The van der Waals surface area contributed by atoms with E-state index in [2.05, 4.69) is 65.3 Å². The van der Waals surface area contributed by atoms with Gasteiger partial charge in [-0.05, 0) is 53.5 Å². The van der Waals surface area contributed by atoms with Gasteiger partial charge < -0.3 is 4.90 Å². The zero-order chi connectivity index (χ0) is 19.9. The van der Waals surface area contributed by atoms with Crippen LogP contribution in [0.5, 0.6) is 0 Å². The lowest BCUT2D eigenvalue weighted by Crippen LogP contribution is -2.45. The summed E-state index contributed by atoms with van der Waals surface area (Å²) < 4.78 is 2.13. The normalized spacial score (nSPS) is 21.2. The maximum absolute atomic E-state index is 4.59. The molecule has 154 valence electrons. The average Bonchev–Trinajstić information content (AvgIpc) is 3.54. The van der Waals surface area contributed by atoms with E-state index in [-0.39, 0.29) is 6.04 Å². The highest BCUT2D eigenvalue weighted by Gasteiger charge is 2.35. The summed E-state index contributed by atoms with van der Waals surface area (Å²) in [5.74, 6) is 0.984. The van der Waals surface area contributed by atoms with Gasteiger partial charge in [-0.25, -0.2) is 4.68 Å². The number of hydrogen-bond donors (Lipinski definition) is 0. The van der Waals surface area contributed by atoms with Crippen molar-refractivity contribution in [1.29, 1.82) is 0 Å². The summed E-state index contributed by atoms with van der Waals surface area (Å²) in [5.41, 5.74) is 3.73. The molecule has 2 aromatic heterocycles. The predicted octanol–water partition coefficient (Wildman–Crippen LogP) is 3.33.